The van der Waals surface area contributed by atoms with Crippen LogP contribution in [0.1, 0.15) is 10.6 Å². The van der Waals surface area contributed by atoms with Gasteiger partial charge in [-0.1, -0.05) is 12.1 Å². The lowest BCUT2D eigenvalue weighted by atomic mass is 10.2. The number of hydrogen-bond donors (Lipinski definition) is 2. The molecule has 1 aromatic carbocycles. The maximum atomic E-state index is 10.5. The van der Waals surface area contributed by atoms with Crippen LogP contribution >= 0.6 is 0 Å². The quantitative estimate of drug-likeness (QED) is 0.650. The van der Waals surface area contributed by atoms with Gasteiger partial charge in [-0.05, 0) is 12.1 Å². The molecule has 0 saturated heterocycles. The van der Waals surface area contributed by atoms with Crippen LogP contribution in [-0.2, 0) is 0 Å². The lowest BCUT2D eigenvalue weighted by Crippen LogP contribution is -1.91. The zero-order chi connectivity index (χ0) is 9.42. The van der Waals surface area contributed by atoms with Gasteiger partial charge in [0.25, 0.3) is 0 Å². The zero-order valence-corrected chi connectivity index (χ0v) is 6.65. The van der Waals surface area contributed by atoms with Crippen molar-refractivity contribution in [2.75, 3.05) is 5.73 Å². The highest BCUT2D eigenvalue weighted by molar-refractivity contribution is 5.95. The highest BCUT2D eigenvalue weighted by Crippen LogP contribution is 2.24. The molecule has 0 fully saturated rings. The molecule has 3 N–H and O–H groups in total. The van der Waals surface area contributed by atoms with Crippen molar-refractivity contribution in [2.45, 2.75) is 0 Å². The molecule has 0 radical (unpaired) electrons. The number of carbonyl (C=O) groups is 1. The zero-order valence-electron chi connectivity index (χ0n) is 6.65. The number of hydrogen-bond acceptors (Lipinski definition) is 3. The van der Waals surface area contributed by atoms with Crippen molar-refractivity contribution in [2.24, 2.45) is 0 Å². The number of aromatic carboxylic acids is 1. The van der Waals surface area contributed by atoms with Crippen molar-refractivity contribution in [3.63, 3.8) is 0 Å². The number of furan rings is 1. The van der Waals surface area contributed by atoms with E-state index in [4.69, 9.17) is 15.3 Å². The minimum absolute atomic E-state index is 0.0899. The molecular weight excluding hydrogens is 170 g/mol. The van der Waals surface area contributed by atoms with Crippen LogP contribution in [0.15, 0.2) is 28.7 Å². The van der Waals surface area contributed by atoms with E-state index in [9.17, 15) is 4.79 Å². The minimum atomic E-state index is -1.09. The third-order valence-electron chi connectivity index (χ3n) is 1.79. The Balaban J connectivity index is 2.75. The van der Waals surface area contributed by atoms with Crippen LogP contribution in [0.5, 0.6) is 0 Å². The van der Waals surface area contributed by atoms with E-state index in [0.717, 1.165) is 0 Å². The van der Waals surface area contributed by atoms with Crippen molar-refractivity contribution < 1.29 is 14.3 Å². The van der Waals surface area contributed by atoms with Gasteiger partial charge in [0.15, 0.2) is 5.58 Å². The Morgan fingerprint density at radius 2 is 2.23 bits per heavy atom. The smallest absolute Gasteiger partial charge is 0.371 e. The molecule has 0 atom stereocenters. The second-order valence-electron chi connectivity index (χ2n) is 2.68. The van der Waals surface area contributed by atoms with Gasteiger partial charge >= 0.3 is 5.97 Å². The Hall–Kier alpha value is -1.97. The van der Waals surface area contributed by atoms with E-state index in [2.05, 4.69) is 0 Å². The van der Waals surface area contributed by atoms with Crippen molar-refractivity contribution in [3.8, 4) is 0 Å². The molecule has 66 valence electrons. The number of benzene rings is 1. The Bertz CT molecular complexity index is 473. The van der Waals surface area contributed by atoms with Gasteiger partial charge in [0.1, 0.15) is 0 Å². The Kier molecular flexibility index (Phi) is 1.48. The van der Waals surface area contributed by atoms with Crippen molar-refractivity contribution in [1.29, 1.82) is 0 Å². The molecule has 2 aromatic rings. The monoisotopic (exact) mass is 177 g/mol. The normalized spacial score (nSPS) is 10.5. The average Bonchev–Trinajstić information content (AvgIpc) is 2.49. The highest BCUT2D eigenvalue weighted by Gasteiger charge is 2.11. The summed E-state index contributed by atoms with van der Waals surface area (Å²) in [6.07, 6.45) is 0. The molecule has 0 unspecified atom stereocenters. The molecule has 4 heteroatoms. The van der Waals surface area contributed by atoms with Gasteiger partial charge in [-0.3, -0.25) is 0 Å². The van der Waals surface area contributed by atoms with Crippen LogP contribution in [0.25, 0.3) is 11.0 Å². The van der Waals surface area contributed by atoms with Gasteiger partial charge in [0, 0.05) is 5.39 Å². The summed E-state index contributed by atoms with van der Waals surface area (Å²) in [4.78, 5) is 10.5. The predicted molar refractivity (Wildman–Crippen MR) is 47.6 cm³/mol. The molecule has 0 amide bonds. The SMILES string of the molecule is Nc1cccc2cc(C(=O)O)oc12. The number of para-hydroxylation sites is 1. The highest BCUT2D eigenvalue weighted by atomic mass is 16.4. The number of carboxylic acids is 1. The summed E-state index contributed by atoms with van der Waals surface area (Å²) in [6.45, 7) is 0. The molecule has 0 aliphatic carbocycles. The Morgan fingerprint density at radius 3 is 2.85 bits per heavy atom. The summed E-state index contributed by atoms with van der Waals surface area (Å²) in [5.74, 6) is -1.18. The number of nitrogen functional groups attached to an aromatic ring is 1. The summed E-state index contributed by atoms with van der Waals surface area (Å²) >= 11 is 0. The summed E-state index contributed by atoms with van der Waals surface area (Å²) in [5, 5.41) is 9.35. The molecule has 1 heterocycles. The minimum Gasteiger partial charge on any atom is -0.475 e. The topological polar surface area (TPSA) is 76.5 Å². The summed E-state index contributed by atoms with van der Waals surface area (Å²) in [6, 6.07) is 6.62. The fourth-order valence-corrected chi connectivity index (χ4v) is 1.19. The van der Waals surface area contributed by atoms with E-state index in [0.29, 0.717) is 16.7 Å². The van der Waals surface area contributed by atoms with Gasteiger partial charge in [0.2, 0.25) is 5.76 Å². The lowest BCUT2D eigenvalue weighted by Gasteiger charge is -1.91. The van der Waals surface area contributed by atoms with Gasteiger partial charge < -0.3 is 15.3 Å². The maximum Gasteiger partial charge on any atom is 0.371 e. The molecule has 1 aromatic heterocycles. The van der Waals surface area contributed by atoms with Crippen LogP contribution in [0.3, 0.4) is 0 Å². The standard InChI is InChI=1S/C9H7NO3/c10-6-3-1-2-5-4-7(9(11)12)13-8(5)6/h1-4H,10H2,(H,11,12). The molecule has 0 saturated carbocycles. The maximum absolute atomic E-state index is 10.5. The average molecular weight is 177 g/mol. The number of carboxylic acid groups (broad SMARTS) is 1. The van der Waals surface area contributed by atoms with Crippen molar-refractivity contribution in [3.05, 3.63) is 30.0 Å². The predicted octanol–water partition coefficient (Wildman–Crippen LogP) is 1.71. The van der Waals surface area contributed by atoms with Crippen molar-refractivity contribution in [1.82, 2.24) is 0 Å². The summed E-state index contributed by atoms with van der Waals surface area (Å²) < 4.78 is 5.04. The second kappa shape index (κ2) is 2.52. The third-order valence-corrected chi connectivity index (χ3v) is 1.79. The van der Waals surface area contributed by atoms with E-state index in [1.54, 1.807) is 18.2 Å². The number of fused-ring (bicyclic) bond motifs is 1. The number of anilines is 1. The first-order chi connectivity index (χ1) is 6.18. The van der Waals surface area contributed by atoms with Crippen LogP contribution in [-0.4, -0.2) is 11.1 Å². The molecule has 2 rings (SSSR count). The third kappa shape index (κ3) is 1.12. The fraction of sp³-hybridized carbons (Fsp3) is 0. The Labute approximate surface area is 73.6 Å². The molecule has 4 nitrogen and oxygen atoms in total. The molecule has 0 bridgehead atoms. The van der Waals surface area contributed by atoms with Gasteiger partial charge in [-0.2, -0.15) is 0 Å². The summed E-state index contributed by atoms with van der Waals surface area (Å²) in [5.41, 5.74) is 6.46. The molecule has 0 aliphatic rings. The molecular formula is C9H7NO3. The lowest BCUT2D eigenvalue weighted by molar-refractivity contribution is 0.0665. The first-order valence-electron chi connectivity index (χ1n) is 3.70. The molecule has 0 spiro atoms. The van der Waals surface area contributed by atoms with Crippen LogP contribution in [0.2, 0.25) is 0 Å². The van der Waals surface area contributed by atoms with Gasteiger partial charge in [-0.25, -0.2) is 4.79 Å². The van der Waals surface area contributed by atoms with E-state index in [1.165, 1.54) is 6.07 Å². The van der Waals surface area contributed by atoms with Crippen LogP contribution in [0.4, 0.5) is 5.69 Å². The first-order valence-corrected chi connectivity index (χ1v) is 3.70. The van der Waals surface area contributed by atoms with Crippen LogP contribution in [0, 0.1) is 0 Å². The van der Waals surface area contributed by atoms with Gasteiger partial charge in [0.05, 0.1) is 5.69 Å². The summed E-state index contributed by atoms with van der Waals surface area (Å²) in [7, 11) is 0. The van der Waals surface area contributed by atoms with Gasteiger partial charge in [-0.15, -0.1) is 0 Å². The van der Waals surface area contributed by atoms with Crippen LogP contribution < -0.4 is 5.73 Å². The Morgan fingerprint density at radius 1 is 1.46 bits per heavy atom. The fourth-order valence-electron chi connectivity index (χ4n) is 1.19. The van der Waals surface area contributed by atoms with E-state index in [1.807, 2.05) is 0 Å². The van der Waals surface area contributed by atoms with E-state index < -0.39 is 5.97 Å². The second-order valence-corrected chi connectivity index (χ2v) is 2.68. The molecule has 13 heavy (non-hydrogen) atoms. The first kappa shape index (κ1) is 7.67. The number of rotatable bonds is 1. The van der Waals surface area contributed by atoms with E-state index >= 15 is 0 Å². The largest absolute Gasteiger partial charge is 0.475 e. The number of nitrogens with two attached hydrogens (primary N) is 1. The van der Waals surface area contributed by atoms with Crippen molar-refractivity contribution >= 4 is 22.6 Å². The van der Waals surface area contributed by atoms with E-state index in [-0.39, 0.29) is 5.76 Å². The molecule has 0 aliphatic heterocycles.